The van der Waals surface area contributed by atoms with Crippen LogP contribution in [0.3, 0.4) is 0 Å². The second-order valence-corrected chi connectivity index (χ2v) is 7.62. The molecule has 1 aliphatic carbocycles. The van der Waals surface area contributed by atoms with Crippen molar-refractivity contribution < 1.29 is 5.11 Å². The zero-order valence-corrected chi connectivity index (χ0v) is 18.5. The molecule has 5 heteroatoms. The maximum atomic E-state index is 8.96. The van der Waals surface area contributed by atoms with Crippen molar-refractivity contribution in [2.24, 2.45) is 0 Å². The highest BCUT2D eigenvalue weighted by atomic mass is 16.2. The Morgan fingerprint density at radius 2 is 1.80 bits per heavy atom. The Hall–Kier alpha value is -2.29. The maximum Gasteiger partial charge on any atom is 0.153 e. The van der Waals surface area contributed by atoms with Gasteiger partial charge in [-0.25, -0.2) is 0 Å². The third-order valence-electron chi connectivity index (χ3n) is 5.64. The zero-order valence-electron chi connectivity index (χ0n) is 18.5. The van der Waals surface area contributed by atoms with E-state index in [9.17, 15) is 0 Å². The molecule has 0 bridgehead atoms. The van der Waals surface area contributed by atoms with Gasteiger partial charge in [-0.15, -0.1) is 0 Å². The first-order valence-corrected chi connectivity index (χ1v) is 11.2. The number of nitrogens with two attached hydrogens (primary N) is 1. The number of fused-ring (bicyclic) bond motifs is 1. The molecule has 1 atom stereocenters. The van der Waals surface area contributed by atoms with Gasteiger partial charge in [-0.05, 0) is 80.6 Å². The average molecular weight is 404 g/mol. The van der Waals surface area contributed by atoms with Crippen LogP contribution in [-0.2, 0) is 12.8 Å². The van der Waals surface area contributed by atoms with Gasteiger partial charge in [0, 0.05) is 18.3 Å². The topological polar surface area (TPSA) is 73.3 Å². The lowest BCUT2D eigenvalue weighted by Gasteiger charge is -2.32. The van der Waals surface area contributed by atoms with Crippen molar-refractivity contribution in [2.75, 3.05) is 25.4 Å². The summed E-state index contributed by atoms with van der Waals surface area (Å²) >= 11 is 0. The van der Waals surface area contributed by atoms with Crippen molar-refractivity contribution in [3.63, 3.8) is 0 Å². The fourth-order valence-corrected chi connectivity index (χ4v) is 4.09. The lowest BCUT2D eigenvalue weighted by Crippen LogP contribution is -2.37. The first-order valence-electron chi connectivity index (χ1n) is 11.2. The summed E-state index contributed by atoms with van der Waals surface area (Å²) in [6.07, 6.45) is 7.04. The predicted octanol–water partition coefficient (Wildman–Crippen LogP) is 3.55. The highest BCUT2D eigenvalue weighted by Gasteiger charge is 2.26. The summed E-state index contributed by atoms with van der Waals surface area (Å²) in [5.41, 5.74) is 11.0. The molecule has 3 N–H and O–H groups in total. The molecule has 0 spiro atoms. The van der Waals surface area contributed by atoms with Gasteiger partial charge in [-0.3, -0.25) is 0 Å². The molecule has 1 heterocycles. The van der Waals surface area contributed by atoms with Crippen molar-refractivity contribution in [3.05, 3.63) is 59.2 Å². The van der Waals surface area contributed by atoms with Crippen LogP contribution >= 0.6 is 0 Å². The highest BCUT2D eigenvalue weighted by Crippen LogP contribution is 2.27. The van der Waals surface area contributed by atoms with Crippen LogP contribution in [0.25, 0.3) is 0 Å². The smallest absolute Gasteiger partial charge is 0.153 e. The van der Waals surface area contributed by atoms with Crippen LogP contribution in [0.5, 0.6) is 0 Å². The number of nitrogens with zero attached hydrogens (tertiary/aromatic N) is 2. The summed E-state index contributed by atoms with van der Waals surface area (Å²) in [7, 11) is 1.97. The van der Waals surface area contributed by atoms with Crippen molar-refractivity contribution >= 4 is 18.4 Å². The van der Waals surface area contributed by atoms with Crippen molar-refractivity contribution in [2.45, 2.75) is 58.3 Å². The number of benzene rings is 2. The van der Waals surface area contributed by atoms with Gasteiger partial charge in [-0.2, -0.15) is 5.26 Å². The van der Waals surface area contributed by atoms with Gasteiger partial charge in [0.05, 0.1) is 11.6 Å². The molecule has 0 saturated carbocycles. The molecule has 30 heavy (non-hydrogen) atoms. The molecule has 159 valence electrons. The van der Waals surface area contributed by atoms with Gasteiger partial charge < -0.3 is 15.7 Å². The molecule has 1 radical (unpaired) electrons. The second-order valence-electron chi connectivity index (χ2n) is 7.62. The van der Waals surface area contributed by atoms with E-state index in [1.54, 1.807) is 0 Å². The number of rotatable bonds is 4. The highest BCUT2D eigenvalue weighted by molar-refractivity contribution is 6.53. The molecule has 2 aromatic rings. The molecule has 2 aliphatic rings. The van der Waals surface area contributed by atoms with Crippen molar-refractivity contribution in [1.82, 2.24) is 4.90 Å². The van der Waals surface area contributed by atoms with Gasteiger partial charge in [0.25, 0.3) is 0 Å². The number of aliphatic hydroxyl groups excluding tert-OH is 1. The van der Waals surface area contributed by atoms with Crippen LogP contribution in [0.15, 0.2) is 42.5 Å². The van der Waals surface area contributed by atoms with E-state index in [1.165, 1.54) is 49.9 Å². The predicted molar refractivity (Wildman–Crippen MR) is 127 cm³/mol. The van der Waals surface area contributed by atoms with Gasteiger partial charge in [0.1, 0.15) is 0 Å². The molecule has 0 amide bonds. The number of nitrogen functional groups attached to an aromatic ring is 1. The third kappa shape index (κ3) is 7.20. The minimum absolute atomic E-state index is 0.199. The number of anilines is 1. The minimum Gasteiger partial charge on any atom is -0.399 e. The van der Waals surface area contributed by atoms with Crippen molar-refractivity contribution in [3.8, 4) is 6.07 Å². The maximum absolute atomic E-state index is 8.96. The number of nitriles is 1. The van der Waals surface area contributed by atoms with Gasteiger partial charge in [-0.1, -0.05) is 43.8 Å². The van der Waals surface area contributed by atoms with E-state index in [0.717, 1.165) is 29.2 Å². The summed E-state index contributed by atoms with van der Waals surface area (Å²) in [6.45, 7) is 6.75. The molecule has 1 fully saturated rings. The van der Waals surface area contributed by atoms with E-state index < -0.39 is 0 Å². The third-order valence-corrected chi connectivity index (χ3v) is 5.64. The van der Waals surface area contributed by atoms with Crippen LogP contribution in [-0.4, -0.2) is 43.0 Å². The van der Waals surface area contributed by atoms with E-state index >= 15 is 0 Å². The molecular formula is C25H35BN3O. The second kappa shape index (κ2) is 13.1. The molecule has 1 aliphatic heterocycles. The van der Waals surface area contributed by atoms with Crippen LogP contribution in [0.2, 0.25) is 6.32 Å². The zero-order chi connectivity index (χ0) is 21.8. The average Bonchev–Trinajstić information content (AvgIpc) is 3.35. The van der Waals surface area contributed by atoms with E-state index in [-0.39, 0.29) is 6.61 Å². The monoisotopic (exact) mass is 404 g/mol. The summed E-state index contributed by atoms with van der Waals surface area (Å²) in [4.78, 5) is 2.64. The summed E-state index contributed by atoms with van der Waals surface area (Å²) < 4.78 is 0. The van der Waals surface area contributed by atoms with E-state index in [2.05, 4.69) is 23.1 Å². The Kier molecular flexibility index (Phi) is 10.5. The molecular weight excluding hydrogens is 369 g/mol. The van der Waals surface area contributed by atoms with E-state index in [0.29, 0.717) is 6.32 Å². The van der Waals surface area contributed by atoms with Crippen LogP contribution in [0.1, 0.15) is 49.8 Å². The lowest BCUT2D eigenvalue weighted by molar-refractivity contribution is 0.222. The fraction of sp³-hybridized carbons (Fsp3) is 0.480. The first kappa shape index (κ1) is 24.0. The molecule has 1 saturated heterocycles. The van der Waals surface area contributed by atoms with Crippen LogP contribution in [0, 0.1) is 11.3 Å². The van der Waals surface area contributed by atoms with Crippen molar-refractivity contribution in [1.29, 1.82) is 5.26 Å². The number of likely N-dealkylation sites (tertiary alicyclic amines) is 1. The fourth-order valence-electron chi connectivity index (χ4n) is 4.09. The molecule has 2 aromatic carbocycles. The molecule has 4 nitrogen and oxygen atoms in total. The van der Waals surface area contributed by atoms with E-state index in [1.807, 2.05) is 51.5 Å². The molecule has 0 aromatic heterocycles. The Morgan fingerprint density at radius 1 is 1.10 bits per heavy atom. The lowest BCUT2D eigenvalue weighted by atomic mass is 9.67. The normalized spacial score (nSPS) is 17.5. The van der Waals surface area contributed by atoms with Gasteiger partial charge in [0.2, 0.25) is 0 Å². The van der Waals surface area contributed by atoms with Crippen LogP contribution in [0.4, 0.5) is 5.69 Å². The Morgan fingerprint density at radius 3 is 2.43 bits per heavy atom. The SMILES string of the molecule is CC.N#Cc1ccc2c(c1)CC(N1CCCC1)CC2.Nc1ccc([B]CCO)cc1. The first-order chi connectivity index (χ1) is 14.7. The largest absolute Gasteiger partial charge is 0.399 e. The van der Waals surface area contributed by atoms with Gasteiger partial charge >= 0.3 is 0 Å². The number of hydrogen-bond acceptors (Lipinski definition) is 4. The number of hydrogen-bond donors (Lipinski definition) is 2. The quantitative estimate of drug-likeness (QED) is 0.604. The number of aryl methyl sites for hydroxylation is 1. The van der Waals surface area contributed by atoms with E-state index in [4.69, 9.17) is 16.1 Å². The standard InChI is InChI=1S/C15H18N2.C8H11BNO.C2H6/c16-11-12-3-4-13-5-6-15(10-14(13)9-12)17-7-1-2-8-17;10-8-3-1-7(2-4-8)9-5-6-11;1-2/h3-4,9,15H,1-2,5-8,10H2;1-4,11H,5-6,10H2;1-2H3. The number of aliphatic hydroxyl groups is 1. The molecule has 4 rings (SSSR count). The van der Waals surface area contributed by atoms with Crippen LogP contribution < -0.4 is 11.2 Å². The minimum atomic E-state index is 0.199. The molecule has 1 unspecified atom stereocenters. The Balaban J connectivity index is 0.000000215. The summed E-state index contributed by atoms with van der Waals surface area (Å²) in [5.74, 6) is 0. The summed E-state index contributed by atoms with van der Waals surface area (Å²) in [5, 5.41) is 17.5. The summed E-state index contributed by atoms with van der Waals surface area (Å²) in [6, 6.07) is 16.7. The Labute approximate surface area is 183 Å². The van der Waals surface area contributed by atoms with Gasteiger partial charge in [0.15, 0.2) is 7.28 Å². The Bertz CT molecular complexity index is 795.